The van der Waals surface area contributed by atoms with Crippen molar-refractivity contribution in [1.29, 1.82) is 0 Å². The lowest BCUT2D eigenvalue weighted by molar-refractivity contribution is -0.0335. The first kappa shape index (κ1) is 13.9. The molecule has 0 aliphatic heterocycles. The van der Waals surface area contributed by atoms with Crippen molar-refractivity contribution < 1.29 is 26.3 Å². The van der Waals surface area contributed by atoms with Crippen molar-refractivity contribution in [3.63, 3.8) is 0 Å². The van der Waals surface area contributed by atoms with Crippen LogP contribution in [0.5, 0.6) is 0 Å². The average Bonchev–Trinajstić information content (AvgIpc) is 2.23. The first-order valence-electron chi connectivity index (χ1n) is 3.47. The van der Waals surface area contributed by atoms with E-state index in [0.717, 1.165) is 6.07 Å². The first-order chi connectivity index (χ1) is 7.07. The highest BCUT2D eigenvalue weighted by Gasteiger charge is 2.34. The predicted octanol–water partition coefficient (Wildman–Crippen LogP) is 4.89. The van der Waals surface area contributed by atoms with Gasteiger partial charge < -0.3 is 4.98 Å². The minimum absolute atomic E-state index is 0.394. The number of aromatic nitrogens is 1. The molecule has 0 bridgehead atoms. The van der Waals surface area contributed by atoms with E-state index in [9.17, 15) is 26.3 Å². The fourth-order valence-electron chi connectivity index (χ4n) is 0.758. The van der Waals surface area contributed by atoms with Crippen LogP contribution < -0.4 is 0 Å². The molecule has 0 fully saturated rings. The van der Waals surface area contributed by atoms with Crippen LogP contribution in [-0.2, 0) is 0 Å². The van der Waals surface area contributed by atoms with Crippen LogP contribution >= 0.6 is 35.1 Å². The molecule has 0 radical (unpaired) electrons. The van der Waals surface area contributed by atoms with Gasteiger partial charge in [-0.3, -0.25) is 0 Å². The van der Waals surface area contributed by atoms with Crippen molar-refractivity contribution >= 4 is 35.1 Å². The van der Waals surface area contributed by atoms with Crippen molar-refractivity contribution in [2.45, 2.75) is 21.1 Å². The molecule has 0 atom stereocenters. The molecule has 1 N–H and O–H groups in total. The summed E-state index contributed by atoms with van der Waals surface area (Å²) in [6.07, 6.45) is 0. The number of thioether (sulfide) groups is 2. The summed E-state index contributed by atoms with van der Waals surface area (Å²) < 4.78 is 71.4. The third kappa shape index (κ3) is 4.79. The van der Waals surface area contributed by atoms with Crippen LogP contribution in [-0.4, -0.2) is 16.0 Å². The van der Waals surface area contributed by atoms with Crippen LogP contribution in [0.1, 0.15) is 0 Å². The topological polar surface area (TPSA) is 15.8 Å². The van der Waals surface area contributed by atoms with Crippen molar-refractivity contribution in [2.75, 3.05) is 0 Å². The maximum Gasteiger partial charge on any atom is 0.447 e. The Morgan fingerprint density at radius 2 is 1.50 bits per heavy atom. The Labute approximate surface area is 98.9 Å². The Morgan fingerprint density at radius 1 is 1.00 bits per heavy atom. The molecule has 0 aromatic carbocycles. The largest absolute Gasteiger partial charge is 0.447 e. The van der Waals surface area contributed by atoms with Gasteiger partial charge in [0.15, 0.2) is 0 Å². The molecule has 10 heteroatoms. The summed E-state index contributed by atoms with van der Waals surface area (Å²) in [4.78, 5) is 1.95. The normalized spacial score (nSPS) is 13.2. The summed E-state index contributed by atoms with van der Waals surface area (Å²) in [5.41, 5.74) is -9.18. The molecule has 92 valence electrons. The number of nitrogens with one attached hydrogen (secondary N) is 1. The monoisotopic (exact) mass is 301 g/mol. The Morgan fingerprint density at radius 3 is 1.94 bits per heavy atom. The number of alkyl halides is 6. The minimum Gasteiger partial charge on any atom is -0.343 e. The SMILES string of the molecule is FC(F)(F)Sc1cc(Cl)c(SC(F)(F)F)[nH]1. The van der Waals surface area contributed by atoms with Gasteiger partial charge in [-0.25, -0.2) is 0 Å². The number of hydrogen-bond donors (Lipinski definition) is 1. The molecule has 1 aromatic heterocycles. The second-order valence-corrected chi connectivity index (χ2v) is 5.00. The van der Waals surface area contributed by atoms with Gasteiger partial charge >= 0.3 is 11.0 Å². The maximum absolute atomic E-state index is 11.9. The molecule has 0 spiro atoms. The van der Waals surface area contributed by atoms with Crippen molar-refractivity contribution in [2.24, 2.45) is 0 Å². The summed E-state index contributed by atoms with van der Waals surface area (Å²) in [6, 6.07) is 0.799. The summed E-state index contributed by atoms with van der Waals surface area (Å²) in [5, 5.41) is -1.43. The third-order valence-electron chi connectivity index (χ3n) is 1.15. The zero-order valence-corrected chi connectivity index (χ0v) is 9.43. The van der Waals surface area contributed by atoms with E-state index >= 15 is 0 Å². The highest BCUT2D eigenvalue weighted by Crippen LogP contribution is 2.43. The molecule has 0 saturated carbocycles. The Bertz CT molecular complexity index is 370. The van der Waals surface area contributed by atoms with Crippen molar-refractivity contribution in [3.05, 3.63) is 11.1 Å². The van der Waals surface area contributed by atoms with Crippen LogP contribution in [0.25, 0.3) is 0 Å². The molecule has 1 rings (SSSR count). The molecule has 1 aromatic rings. The number of rotatable bonds is 2. The van der Waals surface area contributed by atoms with E-state index in [1.807, 2.05) is 4.98 Å². The lowest BCUT2D eigenvalue weighted by Crippen LogP contribution is -2.00. The fourth-order valence-corrected chi connectivity index (χ4v) is 2.29. The zero-order valence-electron chi connectivity index (χ0n) is 7.04. The quantitative estimate of drug-likeness (QED) is 0.618. The predicted molar refractivity (Wildman–Crippen MR) is 49.6 cm³/mol. The second kappa shape index (κ2) is 4.61. The molecule has 1 nitrogen and oxygen atoms in total. The van der Waals surface area contributed by atoms with Gasteiger partial charge in [-0.1, -0.05) is 11.6 Å². The van der Waals surface area contributed by atoms with Crippen molar-refractivity contribution in [1.82, 2.24) is 4.98 Å². The van der Waals surface area contributed by atoms with E-state index in [4.69, 9.17) is 11.6 Å². The molecule has 16 heavy (non-hydrogen) atoms. The average molecular weight is 302 g/mol. The Hall–Kier alpha value is -0.150. The number of H-pyrrole nitrogens is 1. The summed E-state index contributed by atoms with van der Waals surface area (Å²) in [5.74, 6) is 0. The summed E-state index contributed by atoms with van der Waals surface area (Å²) in [6.45, 7) is 0. The zero-order chi connectivity index (χ0) is 12.6. The van der Waals surface area contributed by atoms with Gasteiger partial charge in [0.05, 0.1) is 10.0 Å². The van der Waals surface area contributed by atoms with Crippen LogP contribution in [0, 0.1) is 0 Å². The van der Waals surface area contributed by atoms with Gasteiger partial charge in [-0.05, 0) is 6.07 Å². The van der Waals surface area contributed by atoms with Crippen LogP contribution in [0.4, 0.5) is 26.3 Å². The molecule has 0 saturated heterocycles. The Kier molecular flexibility index (Phi) is 4.01. The number of hydrogen-bond acceptors (Lipinski definition) is 2. The van der Waals surface area contributed by atoms with E-state index in [1.54, 1.807) is 0 Å². The number of aromatic amines is 1. The van der Waals surface area contributed by atoms with E-state index in [0.29, 0.717) is 0 Å². The highest BCUT2D eigenvalue weighted by atomic mass is 35.5. The van der Waals surface area contributed by atoms with Gasteiger partial charge in [0.1, 0.15) is 5.03 Å². The molecule has 0 unspecified atom stereocenters. The van der Waals surface area contributed by atoms with E-state index in [1.165, 1.54) is 0 Å². The van der Waals surface area contributed by atoms with E-state index in [2.05, 4.69) is 0 Å². The van der Waals surface area contributed by atoms with Crippen LogP contribution in [0.2, 0.25) is 5.02 Å². The maximum atomic E-state index is 11.9. The smallest absolute Gasteiger partial charge is 0.343 e. The molecule has 0 amide bonds. The first-order valence-corrected chi connectivity index (χ1v) is 5.48. The van der Waals surface area contributed by atoms with Gasteiger partial charge in [0, 0.05) is 23.5 Å². The lowest BCUT2D eigenvalue weighted by atomic mass is 10.7. The molecule has 0 aliphatic carbocycles. The Balaban J connectivity index is 2.82. The molecular formula is C6H2ClF6NS2. The number of halogens is 7. The summed E-state index contributed by atoms with van der Waals surface area (Å²) >= 11 is 4.19. The highest BCUT2D eigenvalue weighted by molar-refractivity contribution is 8.00. The van der Waals surface area contributed by atoms with Gasteiger partial charge in [-0.15, -0.1) is 0 Å². The van der Waals surface area contributed by atoms with Gasteiger partial charge in [-0.2, -0.15) is 26.3 Å². The lowest BCUT2D eigenvalue weighted by Gasteiger charge is -2.04. The molecule has 0 aliphatic rings. The summed E-state index contributed by atoms with van der Waals surface area (Å²) in [7, 11) is 0. The standard InChI is InChI=1S/C6H2ClF6NS2/c7-2-1-3(15-5(8,9)10)14-4(2)16-6(11,12)13/h1,14H. The fraction of sp³-hybridized carbons (Fsp3) is 0.333. The van der Waals surface area contributed by atoms with Crippen molar-refractivity contribution in [3.8, 4) is 0 Å². The molecule has 1 heterocycles. The van der Waals surface area contributed by atoms with Crippen LogP contribution in [0.3, 0.4) is 0 Å². The third-order valence-corrected chi connectivity index (χ3v) is 2.99. The molecular weight excluding hydrogens is 300 g/mol. The van der Waals surface area contributed by atoms with E-state index in [-0.39, 0.29) is 0 Å². The van der Waals surface area contributed by atoms with E-state index < -0.39 is 49.6 Å². The van der Waals surface area contributed by atoms with Crippen LogP contribution in [0.15, 0.2) is 16.1 Å². The second-order valence-electron chi connectivity index (χ2n) is 2.41. The van der Waals surface area contributed by atoms with Gasteiger partial charge in [0.2, 0.25) is 0 Å². The van der Waals surface area contributed by atoms with Gasteiger partial charge in [0.25, 0.3) is 0 Å². The minimum atomic E-state index is -4.60.